The molecule has 138 valence electrons. The normalized spacial score (nSPS) is 20.4. The van der Waals surface area contributed by atoms with Crippen LogP contribution in [-0.4, -0.2) is 53.8 Å². The number of aliphatic carboxylic acids is 1. The number of morpholine rings is 1. The second-order valence-corrected chi connectivity index (χ2v) is 6.06. The Bertz CT molecular complexity index is 841. The Kier molecular flexibility index (Phi) is 5.03. The number of hydrogen-bond acceptors (Lipinski definition) is 4. The van der Waals surface area contributed by atoms with Crippen molar-refractivity contribution in [1.29, 1.82) is 0 Å². The van der Waals surface area contributed by atoms with Crippen molar-refractivity contribution in [3.05, 3.63) is 42.0 Å². The molecule has 0 aromatic heterocycles. The minimum Gasteiger partial charge on any atom is -0.479 e. The molecule has 0 aliphatic carbocycles. The molecule has 0 saturated carbocycles. The molecule has 1 aliphatic heterocycles. The summed E-state index contributed by atoms with van der Waals surface area (Å²) in [6, 6.07) is 9.84. The van der Waals surface area contributed by atoms with E-state index in [1.165, 1.54) is 17.0 Å². The first-order chi connectivity index (χ1) is 12.3. The Morgan fingerprint density at radius 2 is 1.88 bits per heavy atom. The van der Waals surface area contributed by atoms with E-state index in [1.54, 1.807) is 31.2 Å². The number of carbonyl (C=O) groups excluding carboxylic acids is 1. The van der Waals surface area contributed by atoms with E-state index in [2.05, 4.69) is 4.74 Å². The molecule has 1 amide bonds. The Morgan fingerprint density at radius 3 is 2.50 bits per heavy atom. The molecule has 1 fully saturated rings. The van der Waals surface area contributed by atoms with Gasteiger partial charge in [0.1, 0.15) is 5.75 Å². The lowest BCUT2D eigenvalue weighted by molar-refractivity contribution is -0.160. The van der Waals surface area contributed by atoms with Gasteiger partial charge in [-0.2, -0.15) is 8.78 Å². The number of amides is 1. The number of alkyl halides is 2. The highest BCUT2D eigenvalue weighted by atomic mass is 19.3. The van der Waals surface area contributed by atoms with Gasteiger partial charge in [0.15, 0.2) is 6.10 Å². The lowest BCUT2D eigenvalue weighted by Crippen LogP contribution is -2.51. The van der Waals surface area contributed by atoms with Crippen molar-refractivity contribution >= 4 is 22.6 Å². The SMILES string of the molecule is C[C@@H]1CN(C(=O)c2cc3ccccc3cc2OC(F)F)CC(C(=O)O)O1. The van der Waals surface area contributed by atoms with Crippen LogP contribution < -0.4 is 4.74 Å². The van der Waals surface area contributed by atoms with Crippen molar-refractivity contribution in [3.63, 3.8) is 0 Å². The van der Waals surface area contributed by atoms with E-state index in [1.807, 2.05) is 0 Å². The first-order valence-corrected chi connectivity index (χ1v) is 8.00. The molecule has 1 N–H and O–H groups in total. The Morgan fingerprint density at radius 1 is 1.23 bits per heavy atom. The molecule has 2 aromatic rings. The number of carboxylic acid groups (broad SMARTS) is 1. The molecule has 0 radical (unpaired) electrons. The average Bonchev–Trinajstić information content (AvgIpc) is 2.59. The predicted octanol–water partition coefficient (Wildman–Crippen LogP) is 2.76. The first-order valence-electron chi connectivity index (χ1n) is 8.00. The highest BCUT2D eigenvalue weighted by Gasteiger charge is 2.34. The van der Waals surface area contributed by atoms with E-state index in [-0.39, 0.29) is 24.4 Å². The van der Waals surface area contributed by atoms with Crippen molar-refractivity contribution in [1.82, 2.24) is 4.90 Å². The average molecular weight is 365 g/mol. The smallest absolute Gasteiger partial charge is 0.387 e. The van der Waals surface area contributed by atoms with Gasteiger partial charge in [0.25, 0.3) is 5.91 Å². The summed E-state index contributed by atoms with van der Waals surface area (Å²) in [5.74, 6) is -2.00. The fourth-order valence-electron chi connectivity index (χ4n) is 3.00. The zero-order valence-corrected chi connectivity index (χ0v) is 13.9. The van der Waals surface area contributed by atoms with Crippen molar-refractivity contribution in [2.45, 2.75) is 25.7 Å². The van der Waals surface area contributed by atoms with Crippen LogP contribution in [0.25, 0.3) is 10.8 Å². The van der Waals surface area contributed by atoms with Gasteiger partial charge < -0.3 is 19.5 Å². The topological polar surface area (TPSA) is 76.1 Å². The molecule has 1 aliphatic rings. The van der Waals surface area contributed by atoms with Gasteiger partial charge in [0.2, 0.25) is 0 Å². The quantitative estimate of drug-likeness (QED) is 0.902. The van der Waals surface area contributed by atoms with Crippen LogP contribution in [0.4, 0.5) is 8.78 Å². The first kappa shape index (κ1) is 18.1. The fraction of sp³-hybridized carbons (Fsp3) is 0.333. The van der Waals surface area contributed by atoms with E-state index in [0.717, 1.165) is 0 Å². The summed E-state index contributed by atoms with van der Waals surface area (Å²) < 4.78 is 35.4. The minimum atomic E-state index is -3.09. The fourth-order valence-corrected chi connectivity index (χ4v) is 3.00. The number of benzene rings is 2. The maximum Gasteiger partial charge on any atom is 0.387 e. The molecule has 1 saturated heterocycles. The summed E-state index contributed by atoms with van der Waals surface area (Å²) in [4.78, 5) is 25.4. The molecule has 26 heavy (non-hydrogen) atoms. The number of carbonyl (C=O) groups is 2. The Hall–Kier alpha value is -2.74. The van der Waals surface area contributed by atoms with Crippen LogP contribution in [0.3, 0.4) is 0 Å². The van der Waals surface area contributed by atoms with Crippen LogP contribution in [0.15, 0.2) is 36.4 Å². The maximum atomic E-state index is 12.9. The van der Waals surface area contributed by atoms with Crippen LogP contribution in [0.1, 0.15) is 17.3 Å². The maximum absolute atomic E-state index is 12.9. The molecule has 2 atom stereocenters. The van der Waals surface area contributed by atoms with Gasteiger partial charge in [-0.15, -0.1) is 0 Å². The Balaban J connectivity index is 1.99. The second-order valence-electron chi connectivity index (χ2n) is 6.06. The summed E-state index contributed by atoms with van der Waals surface area (Å²) in [6.45, 7) is -1.45. The third-order valence-corrected chi connectivity index (χ3v) is 4.12. The van der Waals surface area contributed by atoms with Crippen molar-refractivity contribution < 1.29 is 33.0 Å². The summed E-state index contributed by atoms with van der Waals surface area (Å²) in [6.07, 6.45) is -1.66. The van der Waals surface area contributed by atoms with Gasteiger partial charge in [-0.1, -0.05) is 24.3 Å². The molecule has 1 unspecified atom stereocenters. The van der Waals surface area contributed by atoms with Crippen molar-refractivity contribution in [2.75, 3.05) is 13.1 Å². The molecule has 0 spiro atoms. The Labute approximate surface area is 147 Å². The lowest BCUT2D eigenvalue weighted by atomic mass is 10.0. The molecule has 8 heteroatoms. The van der Waals surface area contributed by atoms with Crippen LogP contribution in [0.5, 0.6) is 5.75 Å². The molecular weight excluding hydrogens is 348 g/mol. The number of halogens is 2. The number of hydrogen-bond donors (Lipinski definition) is 1. The van der Waals surface area contributed by atoms with E-state index < -0.39 is 30.7 Å². The van der Waals surface area contributed by atoms with E-state index in [4.69, 9.17) is 9.84 Å². The van der Waals surface area contributed by atoms with Gasteiger partial charge in [0.05, 0.1) is 18.2 Å². The molecule has 0 bridgehead atoms. The highest BCUT2D eigenvalue weighted by molar-refractivity contribution is 6.02. The lowest BCUT2D eigenvalue weighted by Gasteiger charge is -2.35. The number of carboxylic acids is 1. The van der Waals surface area contributed by atoms with Crippen LogP contribution in [0, 0.1) is 0 Å². The third kappa shape index (κ3) is 3.75. The standard InChI is InChI=1S/C18H17F2NO5/c1-10-8-21(9-15(25-10)17(23)24)16(22)13-6-11-4-2-3-5-12(11)7-14(13)26-18(19)20/h2-7,10,15,18H,8-9H2,1H3,(H,23,24)/t10-,15?/m1/s1. The van der Waals surface area contributed by atoms with Gasteiger partial charge >= 0.3 is 12.6 Å². The molecule has 1 heterocycles. The van der Waals surface area contributed by atoms with Gasteiger partial charge in [-0.05, 0) is 29.8 Å². The summed E-state index contributed by atoms with van der Waals surface area (Å²) in [7, 11) is 0. The second kappa shape index (κ2) is 7.25. The number of ether oxygens (including phenoxy) is 2. The molecule has 6 nitrogen and oxygen atoms in total. The monoisotopic (exact) mass is 365 g/mol. The number of rotatable bonds is 4. The van der Waals surface area contributed by atoms with Crippen molar-refractivity contribution in [2.24, 2.45) is 0 Å². The van der Waals surface area contributed by atoms with Crippen LogP contribution in [-0.2, 0) is 9.53 Å². The minimum absolute atomic E-state index is 0.0396. The largest absolute Gasteiger partial charge is 0.479 e. The van der Waals surface area contributed by atoms with Gasteiger partial charge in [-0.25, -0.2) is 4.79 Å². The third-order valence-electron chi connectivity index (χ3n) is 4.12. The summed E-state index contributed by atoms with van der Waals surface area (Å²) >= 11 is 0. The zero-order chi connectivity index (χ0) is 18.8. The zero-order valence-electron chi connectivity index (χ0n) is 13.9. The summed E-state index contributed by atoms with van der Waals surface area (Å²) in [5, 5.41) is 10.5. The number of nitrogens with zero attached hydrogens (tertiary/aromatic N) is 1. The molecular formula is C18H17F2NO5. The highest BCUT2D eigenvalue weighted by Crippen LogP contribution is 2.29. The van der Waals surface area contributed by atoms with Crippen LogP contribution >= 0.6 is 0 Å². The molecule has 3 rings (SSSR count). The van der Waals surface area contributed by atoms with Crippen LogP contribution in [0.2, 0.25) is 0 Å². The number of fused-ring (bicyclic) bond motifs is 1. The molecule has 2 aromatic carbocycles. The predicted molar refractivity (Wildman–Crippen MR) is 88.5 cm³/mol. The van der Waals surface area contributed by atoms with Crippen molar-refractivity contribution in [3.8, 4) is 5.75 Å². The van der Waals surface area contributed by atoms with E-state index >= 15 is 0 Å². The van der Waals surface area contributed by atoms with Gasteiger partial charge in [0, 0.05) is 6.54 Å². The van der Waals surface area contributed by atoms with E-state index in [0.29, 0.717) is 10.8 Å². The van der Waals surface area contributed by atoms with E-state index in [9.17, 15) is 18.4 Å². The summed E-state index contributed by atoms with van der Waals surface area (Å²) in [5.41, 5.74) is -0.0396. The van der Waals surface area contributed by atoms with Gasteiger partial charge in [-0.3, -0.25) is 4.79 Å².